The molecule has 1 aliphatic carbocycles. The second-order valence-electron chi connectivity index (χ2n) is 3.89. The molecule has 0 bridgehead atoms. The molecule has 1 heterocycles. The Hall–Kier alpha value is -0.990. The highest BCUT2D eigenvalue weighted by Gasteiger charge is 2.33. The third-order valence-corrected chi connectivity index (χ3v) is 2.95. The van der Waals surface area contributed by atoms with Gasteiger partial charge in [-0.2, -0.15) is 0 Å². The van der Waals surface area contributed by atoms with Crippen LogP contribution < -0.4 is 5.73 Å². The van der Waals surface area contributed by atoms with Crippen LogP contribution in [0.5, 0.6) is 0 Å². The molecular formula is C10H16N2O. The molecule has 3 heteroatoms. The van der Waals surface area contributed by atoms with Crippen molar-refractivity contribution in [2.45, 2.75) is 39.0 Å². The maximum atomic E-state index is 5.71. The van der Waals surface area contributed by atoms with Crippen molar-refractivity contribution in [2.75, 3.05) is 5.73 Å². The van der Waals surface area contributed by atoms with Gasteiger partial charge in [0.15, 0.2) is 5.82 Å². The largest absolute Gasteiger partial charge is 0.381 e. The van der Waals surface area contributed by atoms with Gasteiger partial charge < -0.3 is 10.3 Å². The molecule has 72 valence electrons. The molecule has 0 saturated heterocycles. The summed E-state index contributed by atoms with van der Waals surface area (Å²) in [6.07, 6.45) is 3.57. The van der Waals surface area contributed by atoms with Gasteiger partial charge in [0.25, 0.3) is 0 Å². The van der Waals surface area contributed by atoms with Crippen molar-refractivity contribution in [1.82, 2.24) is 5.16 Å². The van der Waals surface area contributed by atoms with E-state index in [0.29, 0.717) is 11.7 Å². The summed E-state index contributed by atoms with van der Waals surface area (Å²) in [5, 5.41) is 3.82. The summed E-state index contributed by atoms with van der Waals surface area (Å²) in [6.45, 7) is 4.29. The Bertz CT molecular complexity index is 302. The fraction of sp³-hybridized carbons (Fsp3) is 0.700. The summed E-state index contributed by atoms with van der Waals surface area (Å²) in [5.41, 5.74) is 6.82. The fourth-order valence-electron chi connectivity index (χ4n) is 1.86. The Kier molecular flexibility index (Phi) is 2.02. The Morgan fingerprint density at radius 3 is 2.85 bits per heavy atom. The van der Waals surface area contributed by atoms with Crippen molar-refractivity contribution >= 4 is 5.82 Å². The van der Waals surface area contributed by atoms with Crippen LogP contribution in [0.3, 0.4) is 0 Å². The van der Waals surface area contributed by atoms with Gasteiger partial charge in [0.2, 0.25) is 0 Å². The van der Waals surface area contributed by atoms with Gasteiger partial charge in [-0.25, -0.2) is 0 Å². The second-order valence-corrected chi connectivity index (χ2v) is 3.89. The van der Waals surface area contributed by atoms with Crippen LogP contribution in [0.1, 0.15) is 43.9 Å². The van der Waals surface area contributed by atoms with E-state index < -0.39 is 0 Å². The van der Waals surface area contributed by atoms with Gasteiger partial charge in [-0.15, -0.1) is 0 Å². The van der Waals surface area contributed by atoms with Crippen molar-refractivity contribution in [3.8, 4) is 0 Å². The number of nitrogens with two attached hydrogens (primary N) is 1. The zero-order chi connectivity index (χ0) is 9.42. The maximum Gasteiger partial charge on any atom is 0.170 e. The van der Waals surface area contributed by atoms with Crippen LogP contribution >= 0.6 is 0 Å². The van der Waals surface area contributed by atoms with Crippen LogP contribution in [-0.2, 0) is 6.42 Å². The number of rotatable bonds is 3. The number of anilines is 1. The number of aromatic nitrogens is 1. The lowest BCUT2D eigenvalue weighted by Crippen LogP contribution is -1.99. The molecular weight excluding hydrogens is 164 g/mol. The van der Waals surface area contributed by atoms with Gasteiger partial charge in [0.1, 0.15) is 5.76 Å². The molecule has 1 aromatic heterocycles. The standard InChI is InChI=1S/C10H16N2O/c1-3-8-9(13-12-10(8)11)6(2)7-4-5-7/h6-7H,3-5H2,1-2H3,(H2,11,12). The van der Waals surface area contributed by atoms with Crippen LogP contribution in [0, 0.1) is 5.92 Å². The topological polar surface area (TPSA) is 52.0 Å². The van der Waals surface area contributed by atoms with Crippen LogP contribution in [0.15, 0.2) is 4.52 Å². The summed E-state index contributed by atoms with van der Waals surface area (Å²) < 4.78 is 5.27. The van der Waals surface area contributed by atoms with Crippen LogP contribution in [0.25, 0.3) is 0 Å². The van der Waals surface area contributed by atoms with Crippen LogP contribution in [0.4, 0.5) is 5.82 Å². The van der Waals surface area contributed by atoms with Gasteiger partial charge >= 0.3 is 0 Å². The Morgan fingerprint density at radius 1 is 1.62 bits per heavy atom. The van der Waals surface area contributed by atoms with E-state index in [9.17, 15) is 0 Å². The highest BCUT2D eigenvalue weighted by atomic mass is 16.5. The first-order valence-corrected chi connectivity index (χ1v) is 4.98. The second kappa shape index (κ2) is 3.05. The minimum absolute atomic E-state index is 0.500. The lowest BCUT2D eigenvalue weighted by Gasteiger charge is -2.06. The quantitative estimate of drug-likeness (QED) is 0.776. The third kappa shape index (κ3) is 1.43. The molecule has 1 saturated carbocycles. The minimum Gasteiger partial charge on any atom is -0.381 e. The van der Waals surface area contributed by atoms with E-state index in [0.717, 1.165) is 23.7 Å². The van der Waals surface area contributed by atoms with Crippen LogP contribution in [-0.4, -0.2) is 5.16 Å². The highest BCUT2D eigenvalue weighted by Crippen LogP contribution is 2.43. The number of hydrogen-bond donors (Lipinski definition) is 1. The van der Waals surface area contributed by atoms with Gasteiger partial charge in [-0.05, 0) is 25.2 Å². The van der Waals surface area contributed by atoms with Crippen molar-refractivity contribution in [2.24, 2.45) is 5.92 Å². The predicted octanol–water partition coefficient (Wildman–Crippen LogP) is 2.33. The van der Waals surface area contributed by atoms with Gasteiger partial charge in [-0.1, -0.05) is 19.0 Å². The molecule has 2 rings (SSSR count). The summed E-state index contributed by atoms with van der Waals surface area (Å²) >= 11 is 0. The van der Waals surface area contributed by atoms with Crippen molar-refractivity contribution < 1.29 is 4.52 Å². The maximum absolute atomic E-state index is 5.71. The summed E-state index contributed by atoms with van der Waals surface area (Å²) in [5.74, 6) is 2.89. The molecule has 1 aromatic rings. The van der Waals surface area contributed by atoms with Crippen LogP contribution in [0.2, 0.25) is 0 Å². The summed E-state index contributed by atoms with van der Waals surface area (Å²) in [6, 6.07) is 0. The van der Waals surface area contributed by atoms with E-state index in [4.69, 9.17) is 10.3 Å². The Balaban J connectivity index is 2.27. The first-order chi connectivity index (χ1) is 6.24. The Morgan fingerprint density at radius 2 is 2.31 bits per heavy atom. The predicted molar refractivity (Wildman–Crippen MR) is 51.4 cm³/mol. The lowest BCUT2D eigenvalue weighted by molar-refractivity contribution is 0.355. The average Bonchev–Trinajstić information content (AvgIpc) is 2.89. The molecule has 0 amide bonds. The third-order valence-electron chi connectivity index (χ3n) is 2.95. The Labute approximate surface area is 78.3 Å². The molecule has 2 N–H and O–H groups in total. The molecule has 0 spiro atoms. The van der Waals surface area contributed by atoms with Crippen molar-refractivity contribution in [3.63, 3.8) is 0 Å². The van der Waals surface area contributed by atoms with Gasteiger partial charge in [0, 0.05) is 11.5 Å². The van der Waals surface area contributed by atoms with E-state index in [-0.39, 0.29) is 0 Å². The molecule has 1 unspecified atom stereocenters. The van der Waals surface area contributed by atoms with Gasteiger partial charge in [0.05, 0.1) is 0 Å². The van der Waals surface area contributed by atoms with E-state index >= 15 is 0 Å². The molecule has 0 aromatic carbocycles. The van der Waals surface area contributed by atoms with E-state index in [1.807, 2.05) is 0 Å². The fourth-order valence-corrected chi connectivity index (χ4v) is 1.86. The zero-order valence-electron chi connectivity index (χ0n) is 8.21. The smallest absolute Gasteiger partial charge is 0.170 e. The minimum atomic E-state index is 0.500. The number of nitrogens with zero attached hydrogens (tertiary/aromatic N) is 1. The first-order valence-electron chi connectivity index (χ1n) is 4.98. The normalized spacial score (nSPS) is 18.9. The summed E-state index contributed by atoms with van der Waals surface area (Å²) in [4.78, 5) is 0. The molecule has 0 aliphatic heterocycles. The first kappa shape index (κ1) is 8.60. The number of nitrogen functional groups attached to an aromatic ring is 1. The molecule has 1 aliphatic rings. The molecule has 0 radical (unpaired) electrons. The number of hydrogen-bond acceptors (Lipinski definition) is 3. The molecule has 1 atom stereocenters. The monoisotopic (exact) mass is 180 g/mol. The molecule has 1 fully saturated rings. The van der Waals surface area contributed by atoms with Crippen molar-refractivity contribution in [3.05, 3.63) is 11.3 Å². The average molecular weight is 180 g/mol. The highest BCUT2D eigenvalue weighted by molar-refractivity contribution is 5.41. The summed E-state index contributed by atoms with van der Waals surface area (Å²) in [7, 11) is 0. The zero-order valence-corrected chi connectivity index (χ0v) is 8.21. The lowest BCUT2D eigenvalue weighted by atomic mass is 9.98. The van der Waals surface area contributed by atoms with E-state index in [1.165, 1.54) is 12.8 Å². The van der Waals surface area contributed by atoms with E-state index in [1.54, 1.807) is 0 Å². The van der Waals surface area contributed by atoms with Crippen molar-refractivity contribution in [1.29, 1.82) is 0 Å². The molecule has 3 nitrogen and oxygen atoms in total. The SMILES string of the molecule is CCc1c(N)noc1C(C)C1CC1. The molecule has 13 heavy (non-hydrogen) atoms. The van der Waals surface area contributed by atoms with Gasteiger partial charge in [-0.3, -0.25) is 0 Å². The van der Waals surface area contributed by atoms with E-state index in [2.05, 4.69) is 19.0 Å².